The Kier molecular flexibility index (Phi) is 47.8. The minimum Gasteiger partial charge on any atom is -0.379 e. The van der Waals surface area contributed by atoms with E-state index in [0.29, 0.717) is 118 Å². The first-order valence-corrected chi connectivity index (χ1v) is 25.4. The minimum absolute atomic E-state index is 0.0333. The minimum atomic E-state index is -0.593. The highest BCUT2D eigenvalue weighted by Gasteiger charge is 2.20. The molecule has 0 radical (unpaired) electrons. The normalized spacial score (nSPS) is 11.7. The van der Waals surface area contributed by atoms with Crippen molar-refractivity contribution in [1.29, 1.82) is 0 Å². The Hall–Kier alpha value is -2.32. The van der Waals surface area contributed by atoms with Gasteiger partial charge in [-0.15, -0.1) is 0 Å². The number of rotatable bonds is 50. The van der Waals surface area contributed by atoms with Crippen LogP contribution in [-0.4, -0.2) is 115 Å². The molecule has 0 saturated heterocycles. The van der Waals surface area contributed by atoms with E-state index in [1.165, 1.54) is 96.3 Å². The van der Waals surface area contributed by atoms with Gasteiger partial charge in [-0.25, -0.2) is 0 Å². The van der Waals surface area contributed by atoms with Gasteiger partial charge < -0.3 is 45.0 Å². The van der Waals surface area contributed by atoms with E-state index in [-0.39, 0.29) is 23.6 Å². The lowest BCUT2D eigenvalue weighted by Gasteiger charge is -2.19. The van der Waals surface area contributed by atoms with Crippen LogP contribution < -0.4 is 21.3 Å². The van der Waals surface area contributed by atoms with Crippen molar-refractivity contribution < 1.29 is 42.9 Å². The van der Waals surface area contributed by atoms with Gasteiger partial charge in [-0.3, -0.25) is 19.2 Å². The molecule has 0 aromatic rings. The third-order valence-electron chi connectivity index (χ3n) is 10.8. The van der Waals surface area contributed by atoms with Crippen molar-refractivity contribution in [2.24, 2.45) is 0 Å². The second-order valence-corrected chi connectivity index (χ2v) is 16.6. The molecule has 13 nitrogen and oxygen atoms in total. The zero-order valence-electron chi connectivity index (χ0n) is 40.2. The van der Waals surface area contributed by atoms with Crippen molar-refractivity contribution in [1.82, 2.24) is 21.3 Å². The summed E-state index contributed by atoms with van der Waals surface area (Å²) in [5, 5.41) is 11.9. The van der Waals surface area contributed by atoms with Crippen LogP contribution in [0.4, 0.5) is 0 Å². The van der Waals surface area contributed by atoms with Gasteiger partial charge in [-0.2, -0.15) is 0 Å². The van der Waals surface area contributed by atoms with Gasteiger partial charge in [0.15, 0.2) is 0 Å². The zero-order valence-corrected chi connectivity index (χ0v) is 40.2. The van der Waals surface area contributed by atoms with E-state index in [1.54, 1.807) is 0 Å². The zero-order chi connectivity index (χ0) is 45.2. The molecular formula is C49H96N4O9. The number of hydrogen-bond acceptors (Lipinski definition) is 9. The highest BCUT2D eigenvalue weighted by Crippen LogP contribution is 2.13. The van der Waals surface area contributed by atoms with Crippen LogP contribution in [0, 0.1) is 0 Å². The summed E-state index contributed by atoms with van der Waals surface area (Å²) in [6, 6.07) is -0.593. The van der Waals surface area contributed by atoms with Gasteiger partial charge in [0.05, 0.1) is 46.2 Å². The van der Waals surface area contributed by atoms with Crippen molar-refractivity contribution in [2.75, 3.05) is 85.7 Å². The summed E-state index contributed by atoms with van der Waals surface area (Å²) in [6.07, 6.45) is 29.3. The summed E-state index contributed by atoms with van der Waals surface area (Å²) in [5.41, 5.74) is 0. The smallest absolute Gasteiger partial charge is 0.242 e. The highest BCUT2D eigenvalue weighted by molar-refractivity contribution is 5.87. The molecule has 0 saturated carbocycles. The van der Waals surface area contributed by atoms with Crippen molar-refractivity contribution in [3.8, 4) is 0 Å². The average molecular weight is 885 g/mol. The summed E-state index contributed by atoms with van der Waals surface area (Å²) in [6.45, 7) is 13.0. The van der Waals surface area contributed by atoms with Crippen molar-refractivity contribution in [3.63, 3.8) is 0 Å². The summed E-state index contributed by atoms with van der Waals surface area (Å²) >= 11 is 0. The van der Waals surface area contributed by atoms with Gasteiger partial charge in [0.25, 0.3) is 0 Å². The lowest BCUT2D eigenvalue weighted by molar-refractivity contribution is -0.129. The van der Waals surface area contributed by atoms with Crippen LogP contribution in [0.5, 0.6) is 0 Å². The first-order chi connectivity index (χ1) is 30.4. The van der Waals surface area contributed by atoms with E-state index in [0.717, 1.165) is 51.4 Å². The number of nitrogens with one attached hydrogen (secondary N) is 4. The summed E-state index contributed by atoms with van der Waals surface area (Å²) < 4.78 is 27.4. The maximum absolute atomic E-state index is 13.2. The highest BCUT2D eigenvalue weighted by atomic mass is 16.5. The lowest BCUT2D eigenvalue weighted by Crippen LogP contribution is -2.47. The van der Waals surface area contributed by atoms with Gasteiger partial charge in [-0.1, -0.05) is 129 Å². The molecule has 62 heavy (non-hydrogen) atoms. The number of amides is 4. The molecule has 0 aromatic heterocycles. The number of carbonyl (C=O) groups excluding carboxylic acids is 4. The maximum Gasteiger partial charge on any atom is 0.242 e. The van der Waals surface area contributed by atoms with E-state index >= 15 is 0 Å². The van der Waals surface area contributed by atoms with Crippen molar-refractivity contribution >= 4 is 23.6 Å². The monoisotopic (exact) mass is 885 g/mol. The molecule has 0 rings (SSSR count). The molecule has 0 bridgehead atoms. The Bertz CT molecular complexity index is 1010. The molecule has 4 N–H and O–H groups in total. The first-order valence-electron chi connectivity index (χ1n) is 25.4. The molecular weight excluding hydrogens is 789 g/mol. The van der Waals surface area contributed by atoms with E-state index in [4.69, 9.17) is 23.7 Å². The van der Waals surface area contributed by atoms with Crippen LogP contribution in [0.1, 0.15) is 201 Å². The fourth-order valence-electron chi connectivity index (χ4n) is 6.94. The predicted octanol–water partition coefficient (Wildman–Crippen LogP) is 8.89. The van der Waals surface area contributed by atoms with Crippen molar-refractivity contribution in [3.05, 3.63) is 0 Å². The molecule has 13 heteroatoms. The Morgan fingerprint density at radius 1 is 0.355 bits per heavy atom. The number of unbranched alkanes of at least 4 members (excludes halogenated alkanes) is 19. The molecule has 0 spiro atoms. The average Bonchev–Trinajstić information content (AvgIpc) is 3.26. The van der Waals surface area contributed by atoms with E-state index in [2.05, 4.69) is 35.1 Å². The molecule has 1 unspecified atom stereocenters. The van der Waals surface area contributed by atoms with E-state index in [1.807, 2.05) is 6.92 Å². The van der Waals surface area contributed by atoms with Crippen LogP contribution in [0.2, 0.25) is 0 Å². The molecule has 1 atom stereocenters. The molecule has 0 heterocycles. The van der Waals surface area contributed by atoms with Crippen LogP contribution >= 0.6 is 0 Å². The van der Waals surface area contributed by atoms with Crippen LogP contribution in [0.25, 0.3) is 0 Å². The second kappa shape index (κ2) is 49.7. The van der Waals surface area contributed by atoms with Crippen LogP contribution in [0.15, 0.2) is 0 Å². The third-order valence-corrected chi connectivity index (χ3v) is 10.8. The van der Waals surface area contributed by atoms with E-state index in [9.17, 15) is 19.2 Å². The topological polar surface area (TPSA) is 163 Å². The maximum atomic E-state index is 13.2. The van der Waals surface area contributed by atoms with Gasteiger partial charge in [-0.05, 0) is 51.9 Å². The Morgan fingerprint density at radius 2 is 0.742 bits per heavy atom. The Morgan fingerprint density at radius 3 is 1.24 bits per heavy atom. The molecule has 0 aromatic carbocycles. The Balaban J connectivity index is 4.22. The molecule has 0 aliphatic heterocycles. The number of ether oxygens (including phenoxy) is 5. The largest absolute Gasteiger partial charge is 0.379 e. The summed E-state index contributed by atoms with van der Waals surface area (Å²) in [5.74, 6) is -0.173. The van der Waals surface area contributed by atoms with Gasteiger partial charge in [0.1, 0.15) is 6.04 Å². The summed E-state index contributed by atoms with van der Waals surface area (Å²) in [7, 11) is 0. The standard InChI is InChI=1S/C49H96N4O9/c1-4-7-9-11-13-15-16-18-20-22-24-31-48(56)53-45(29-25-26-33-50-46(54)30-23-21-19-17-14-12-10-8-5-2)49(57)52-35-28-37-60-42-44-62-43-41-59-36-27-34-51-47(55)32-38-61-40-39-58-6-3/h45H,4-44H2,1-3H3,(H,50,54)(H,51,55)(H,52,57)(H,53,56). The quantitative estimate of drug-likeness (QED) is 0.0437. The third kappa shape index (κ3) is 45.7. The molecule has 4 amide bonds. The molecule has 0 fully saturated rings. The van der Waals surface area contributed by atoms with Gasteiger partial charge in [0, 0.05) is 58.7 Å². The number of carbonyl (C=O) groups is 4. The van der Waals surface area contributed by atoms with Crippen LogP contribution in [-0.2, 0) is 42.9 Å². The SMILES string of the molecule is CCCCCCCCCCCCCC(=O)NC(CCCCNC(=O)CCCCCCCCCCC)C(=O)NCCCOCCOCCOCCCNC(=O)CCOCCOCC. The van der Waals surface area contributed by atoms with Gasteiger partial charge >= 0.3 is 0 Å². The fraction of sp³-hybridized carbons (Fsp3) is 0.918. The fourth-order valence-corrected chi connectivity index (χ4v) is 6.94. The van der Waals surface area contributed by atoms with Crippen molar-refractivity contribution in [2.45, 2.75) is 207 Å². The van der Waals surface area contributed by atoms with Gasteiger partial charge in [0.2, 0.25) is 23.6 Å². The molecule has 0 aliphatic rings. The molecule has 366 valence electrons. The Labute approximate surface area is 379 Å². The molecule has 0 aliphatic carbocycles. The number of hydrogen-bond donors (Lipinski definition) is 4. The predicted molar refractivity (Wildman–Crippen MR) is 251 cm³/mol. The van der Waals surface area contributed by atoms with E-state index < -0.39 is 6.04 Å². The van der Waals surface area contributed by atoms with Crippen LogP contribution in [0.3, 0.4) is 0 Å². The lowest BCUT2D eigenvalue weighted by atomic mass is 10.0. The first kappa shape index (κ1) is 59.7. The second-order valence-electron chi connectivity index (χ2n) is 16.6. The summed E-state index contributed by atoms with van der Waals surface area (Å²) in [4.78, 5) is 50.3.